The minimum atomic E-state index is -4.52. The van der Waals surface area contributed by atoms with E-state index in [2.05, 4.69) is 5.32 Å². The topological polar surface area (TPSA) is 98.7 Å². The molecule has 1 aromatic rings. The van der Waals surface area contributed by atoms with Crippen LogP contribution in [-0.4, -0.2) is 34.3 Å². The van der Waals surface area contributed by atoms with E-state index in [1.807, 2.05) is 0 Å². The summed E-state index contributed by atoms with van der Waals surface area (Å²) < 4.78 is 37.1. The Morgan fingerprint density at radius 3 is 2.10 bits per heavy atom. The standard InChI is InChI=1S/C12H13F3N2O4/c1-6(18)9(11(20)17-21)16-10(19)7-2-4-8(5-3-7)12(13,14)15/h2-6,9,18,21H,1H3,(H,16,19)(H,17,20). The lowest BCUT2D eigenvalue weighted by molar-refractivity contribution is -0.137. The summed E-state index contributed by atoms with van der Waals surface area (Å²) in [6.45, 7) is 1.20. The number of aliphatic hydroxyl groups is 1. The summed E-state index contributed by atoms with van der Waals surface area (Å²) in [5.41, 5.74) is 0.227. The lowest BCUT2D eigenvalue weighted by atomic mass is 10.1. The third kappa shape index (κ3) is 4.43. The maximum Gasteiger partial charge on any atom is 0.416 e. The Labute approximate surface area is 117 Å². The number of hydrogen-bond acceptors (Lipinski definition) is 4. The monoisotopic (exact) mass is 306 g/mol. The zero-order valence-corrected chi connectivity index (χ0v) is 10.8. The highest BCUT2D eigenvalue weighted by atomic mass is 19.4. The van der Waals surface area contributed by atoms with Gasteiger partial charge in [0.25, 0.3) is 11.8 Å². The average molecular weight is 306 g/mol. The van der Waals surface area contributed by atoms with Gasteiger partial charge < -0.3 is 10.4 Å². The first-order valence-corrected chi connectivity index (χ1v) is 5.77. The van der Waals surface area contributed by atoms with Gasteiger partial charge in [0, 0.05) is 5.56 Å². The largest absolute Gasteiger partial charge is 0.416 e. The Hall–Kier alpha value is -2.13. The maximum atomic E-state index is 12.4. The van der Waals surface area contributed by atoms with Crippen LogP contribution in [0.15, 0.2) is 24.3 Å². The first kappa shape index (κ1) is 16.9. The number of hydroxylamine groups is 1. The molecular weight excluding hydrogens is 293 g/mol. The van der Waals surface area contributed by atoms with Crippen LogP contribution < -0.4 is 10.8 Å². The smallest absolute Gasteiger partial charge is 0.391 e. The van der Waals surface area contributed by atoms with Crippen molar-refractivity contribution in [1.29, 1.82) is 0 Å². The van der Waals surface area contributed by atoms with Crippen molar-refractivity contribution in [2.75, 3.05) is 0 Å². The molecule has 1 aromatic carbocycles. The van der Waals surface area contributed by atoms with Gasteiger partial charge in [-0.05, 0) is 31.2 Å². The number of carbonyl (C=O) groups is 2. The van der Waals surface area contributed by atoms with E-state index in [4.69, 9.17) is 5.21 Å². The van der Waals surface area contributed by atoms with E-state index >= 15 is 0 Å². The van der Waals surface area contributed by atoms with E-state index in [1.165, 1.54) is 12.4 Å². The van der Waals surface area contributed by atoms with Crippen molar-refractivity contribution in [3.63, 3.8) is 0 Å². The number of carbonyl (C=O) groups excluding carboxylic acids is 2. The minimum Gasteiger partial charge on any atom is -0.391 e. The maximum absolute atomic E-state index is 12.4. The van der Waals surface area contributed by atoms with Crippen LogP contribution in [0.5, 0.6) is 0 Å². The van der Waals surface area contributed by atoms with Crippen LogP contribution in [0.4, 0.5) is 13.2 Å². The number of hydrogen-bond donors (Lipinski definition) is 4. The van der Waals surface area contributed by atoms with E-state index in [-0.39, 0.29) is 5.56 Å². The minimum absolute atomic E-state index is 0.126. The van der Waals surface area contributed by atoms with E-state index in [0.717, 1.165) is 24.3 Å². The molecule has 0 aliphatic carbocycles. The zero-order valence-electron chi connectivity index (χ0n) is 10.8. The Kier molecular flexibility index (Phi) is 5.28. The van der Waals surface area contributed by atoms with E-state index in [0.29, 0.717) is 0 Å². The number of amides is 2. The van der Waals surface area contributed by atoms with Crippen LogP contribution in [0, 0.1) is 0 Å². The van der Waals surface area contributed by atoms with Crippen LogP contribution in [0.1, 0.15) is 22.8 Å². The number of aliphatic hydroxyl groups excluding tert-OH is 1. The molecule has 2 amide bonds. The van der Waals surface area contributed by atoms with Gasteiger partial charge in [0.2, 0.25) is 0 Å². The van der Waals surface area contributed by atoms with Gasteiger partial charge in [0.05, 0.1) is 11.7 Å². The van der Waals surface area contributed by atoms with Crippen molar-refractivity contribution in [1.82, 2.24) is 10.8 Å². The molecule has 0 heterocycles. The van der Waals surface area contributed by atoms with Gasteiger partial charge in [-0.2, -0.15) is 13.2 Å². The Bertz CT molecular complexity index is 514. The van der Waals surface area contributed by atoms with Crippen molar-refractivity contribution in [2.45, 2.75) is 25.2 Å². The second-order valence-electron chi connectivity index (χ2n) is 4.24. The van der Waals surface area contributed by atoms with E-state index < -0.39 is 35.7 Å². The van der Waals surface area contributed by atoms with Crippen LogP contribution in [0.25, 0.3) is 0 Å². The molecule has 0 aliphatic heterocycles. The first-order valence-electron chi connectivity index (χ1n) is 5.77. The number of nitrogens with one attached hydrogen (secondary N) is 2. The molecule has 0 saturated carbocycles. The molecule has 0 aromatic heterocycles. The van der Waals surface area contributed by atoms with Crippen molar-refractivity contribution in [3.05, 3.63) is 35.4 Å². The Morgan fingerprint density at radius 1 is 1.19 bits per heavy atom. The van der Waals surface area contributed by atoms with Gasteiger partial charge in [-0.25, -0.2) is 5.48 Å². The molecule has 116 valence electrons. The predicted molar refractivity (Wildman–Crippen MR) is 64.3 cm³/mol. The summed E-state index contributed by atoms with van der Waals surface area (Å²) in [4.78, 5) is 23.0. The van der Waals surface area contributed by atoms with Gasteiger partial charge in [-0.3, -0.25) is 14.8 Å². The van der Waals surface area contributed by atoms with Crippen molar-refractivity contribution in [3.8, 4) is 0 Å². The van der Waals surface area contributed by atoms with Crippen molar-refractivity contribution < 1.29 is 33.1 Å². The summed E-state index contributed by atoms with van der Waals surface area (Å²) >= 11 is 0. The van der Waals surface area contributed by atoms with Gasteiger partial charge in [0.15, 0.2) is 0 Å². The number of benzene rings is 1. The molecule has 6 nitrogen and oxygen atoms in total. The van der Waals surface area contributed by atoms with Crippen LogP contribution >= 0.6 is 0 Å². The third-order valence-corrected chi connectivity index (χ3v) is 2.64. The second-order valence-corrected chi connectivity index (χ2v) is 4.24. The van der Waals surface area contributed by atoms with Crippen molar-refractivity contribution in [2.24, 2.45) is 0 Å². The molecule has 0 radical (unpaired) electrons. The van der Waals surface area contributed by atoms with E-state index in [9.17, 15) is 27.9 Å². The molecule has 21 heavy (non-hydrogen) atoms. The highest BCUT2D eigenvalue weighted by molar-refractivity contribution is 5.97. The Morgan fingerprint density at radius 2 is 1.71 bits per heavy atom. The first-order chi connectivity index (χ1) is 9.66. The number of alkyl halides is 3. The molecule has 2 unspecified atom stereocenters. The fraction of sp³-hybridized carbons (Fsp3) is 0.333. The summed E-state index contributed by atoms with van der Waals surface area (Å²) in [5, 5.41) is 19.9. The van der Waals surface area contributed by atoms with Crippen molar-refractivity contribution >= 4 is 11.8 Å². The fourth-order valence-electron chi connectivity index (χ4n) is 1.51. The average Bonchev–Trinajstić information content (AvgIpc) is 2.42. The summed E-state index contributed by atoms with van der Waals surface area (Å²) in [6.07, 6.45) is -5.83. The number of halogens is 3. The summed E-state index contributed by atoms with van der Waals surface area (Å²) in [6, 6.07) is 1.88. The molecule has 4 N–H and O–H groups in total. The quantitative estimate of drug-likeness (QED) is 0.486. The molecule has 9 heteroatoms. The number of rotatable bonds is 4. The van der Waals surface area contributed by atoms with Gasteiger partial charge in [0.1, 0.15) is 6.04 Å². The second kappa shape index (κ2) is 6.55. The highest BCUT2D eigenvalue weighted by Gasteiger charge is 2.30. The lowest BCUT2D eigenvalue weighted by Crippen LogP contribution is -2.51. The predicted octanol–water partition coefficient (Wildman–Crippen LogP) is 0.690. The van der Waals surface area contributed by atoms with Crippen LogP contribution in [-0.2, 0) is 11.0 Å². The summed E-state index contributed by atoms with van der Waals surface area (Å²) in [7, 11) is 0. The van der Waals surface area contributed by atoms with Crippen LogP contribution in [0.2, 0.25) is 0 Å². The fourth-order valence-corrected chi connectivity index (χ4v) is 1.51. The normalized spacial score (nSPS) is 14.2. The third-order valence-electron chi connectivity index (χ3n) is 2.64. The molecule has 0 aliphatic rings. The molecule has 0 spiro atoms. The van der Waals surface area contributed by atoms with Gasteiger partial charge in [-0.15, -0.1) is 0 Å². The van der Waals surface area contributed by atoms with Gasteiger partial charge >= 0.3 is 6.18 Å². The molecule has 1 rings (SSSR count). The molecule has 0 fully saturated rings. The Balaban J connectivity index is 2.86. The zero-order chi connectivity index (χ0) is 16.2. The summed E-state index contributed by atoms with van der Waals surface area (Å²) in [5.74, 6) is -1.91. The molecule has 2 atom stereocenters. The molecular formula is C12H13F3N2O4. The molecule has 0 saturated heterocycles. The SMILES string of the molecule is CC(O)C(NC(=O)c1ccc(C(F)(F)F)cc1)C(=O)NO. The van der Waals surface area contributed by atoms with E-state index in [1.54, 1.807) is 0 Å². The van der Waals surface area contributed by atoms with Crippen LogP contribution in [0.3, 0.4) is 0 Å². The van der Waals surface area contributed by atoms with Gasteiger partial charge in [-0.1, -0.05) is 0 Å². The molecule has 0 bridgehead atoms. The highest BCUT2D eigenvalue weighted by Crippen LogP contribution is 2.29. The lowest BCUT2D eigenvalue weighted by Gasteiger charge is -2.19.